The van der Waals surface area contributed by atoms with Gasteiger partial charge in [0, 0.05) is 24.7 Å². The van der Waals surface area contributed by atoms with Crippen LogP contribution in [0.1, 0.15) is 5.56 Å². The van der Waals surface area contributed by atoms with Crippen LogP contribution in [-0.4, -0.2) is 16.5 Å². The first-order chi connectivity index (χ1) is 15.5. The Balaban J connectivity index is 1.91. The SMILES string of the molecule is O=C(OS(c1ccccc1)(c1ccc(Cl)cc1)c1ccc(Cl)cc1)C(=[OH+])c1ccccc1. The van der Waals surface area contributed by atoms with Gasteiger partial charge in [0.15, 0.2) is 0 Å². The van der Waals surface area contributed by atoms with Gasteiger partial charge in [-0.2, -0.15) is 0 Å². The van der Waals surface area contributed by atoms with Crippen molar-refractivity contribution < 1.29 is 13.8 Å². The monoisotopic (exact) mass is 481 g/mol. The van der Waals surface area contributed by atoms with Crippen LogP contribution in [0.25, 0.3) is 0 Å². The molecule has 0 radical (unpaired) electrons. The second-order valence-electron chi connectivity index (χ2n) is 6.86. The highest BCUT2D eigenvalue weighted by molar-refractivity contribution is 8.30. The van der Waals surface area contributed by atoms with Crippen LogP contribution in [0.2, 0.25) is 10.0 Å². The molecule has 0 heterocycles. The zero-order chi connectivity index (χ0) is 22.6. The third kappa shape index (κ3) is 4.44. The van der Waals surface area contributed by atoms with Gasteiger partial charge in [0.25, 0.3) is 0 Å². The molecule has 0 saturated heterocycles. The predicted octanol–water partition coefficient (Wildman–Crippen LogP) is 7.33. The van der Waals surface area contributed by atoms with E-state index < -0.39 is 22.1 Å². The molecule has 32 heavy (non-hydrogen) atoms. The van der Waals surface area contributed by atoms with Gasteiger partial charge in [-0.15, -0.1) is 0 Å². The summed E-state index contributed by atoms with van der Waals surface area (Å²) in [6.07, 6.45) is 0. The van der Waals surface area contributed by atoms with Crippen molar-refractivity contribution in [2.75, 3.05) is 0 Å². The molecule has 0 aliphatic rings. The Morgan fingerprint density at radius 3 is 1.50 bits per heavy atom. The van der Waals surface area contributed by atoms with E-state index in [0.717, 1.165) is 14.7 Å². The molecule has 4 aromatic rings. The summed E-state index contributed by atoms with van der Waals surface area (Å²) in [4.78, 5) is 26.3. The molecule has 6 heteroatoms. The molecule has 0 spiro atoms. The average Bonchev–Trinajstić information content (AvgIpc) is 2.84. The molecule has 0 fully saturated rings. The number of carbonyl (C=O) groups excluding carboxylic acids is 2. The Morgan fingerprint density at radius 2 is 1.03 bits per heavy atom. The Hall–Kier alpha value is -3.05. The van der Waals surface area contributed by atoms with Crippen molar-refractivity contribution in [3.63, 3.8) is 0 Å². The average molecular weight is 482 g/mol. The van der Waals surface area contributed by atoms with Crippen LogP contribution in [0.3, 0.4) is 0 Å². The lowest BCUT2D eigenvalue weighted by atomic mass is 10.1. The quantitative estimate of drug-likeness (QED) is 0.164. The van der Waals surface area contributed by atoms with Gasteiger partial charge in [-0.3, -0.25) is 4.79 Å². The minimum atomic E-state index is -2.57. The molecule has 0 bridgehead atoms. The van der Waals surface area contributed by atoms with E-state index >= 15 is 0 Å². The first-order valence-electron chi connectivity index (χ1n) is 9.75. The fraction of sp³-hybridized carbons (Fsp3) is 0. The van der Waals surface area contributed by atoms with E-state index in [1.807, 2.05) is 60.7 Å². The number of carbonyl (C=O) groups is 1. The predicted molar refractivity (Wildman–Crippen MR) is 130 cm³/mol. The van der Waals surface area contributed by atoms with E-state index in [2.05, 4.69) is 0 Å². The maximum atomic E-state index is 13.3. The fourth-order valence-corrected chi connectivity index (χ4v) is 6.53. The van der Waals surface area contributed by atoms with Crippen LogP contribution < -0.4 is 0 Å². The van der Waals surface area contributed by atoms with Gasteiger partial charge in [-0.1, -0.05) is 59.6 Å². The highest BCUT2D eigenvalue weighted by atomic mass is 35.5. The number of rotatable bonds is 6. The van der Waals surface area contributed by atoms with Crippen LogP contribution in [0.5, 0.6) is 0 Å². The van der Waals surface area contributed by atoms with Gasteiger partial charge in [-0.25, -0.2) is 4.79 Å². The molecule has 4 aromatic carbocycles. The van der Waals surface area contributed by atoms with Crippen molar-refractivity contribution in [2.45, 2.75) is 14.7 Å². The van der Waals surface area contributed by atoms with Crippen LogP contribution in [0, 0.1) is 0 Å². The van der Waals surface area contributed by atoms with Crippen LogP contribution >= 0.6 is 33.5 Å². The van der Waals surface area contributed by atoms with Crippen LogP contribution in [-0.2, 0) is 8.98 Å². The molecule has 0 saturated carbocycles. The van der Waals surface area contributed by atoms with Crippen molar-refractivity contribution >= 4 is 45.3 Å². The third-order valence-corrected chi connectivity index (χ3v) is 8.52. The maximum Gasteiger partial charge on any atom is 0.448 e. The maximum absolute atomic E-state index is 13.3. The fourth-order valence-electron chi connectivity index (χ4n) is 3.28. The molecule has 0 aliphatic heterocycles. The number of halogens is 2. The highest BCUT2D eigenvalue weighted by Crippen LogP contribution is 2.69. The van der Waals surface area contributed by atoms with E-state index in [0.29, 0.717) is 15.6 Å². The first kappa shape index (κ1) is 22.2. The van der Waals surface area contributed by atoms with Crippen molar-refractivity contribution in [1.29, 1.82) is 0 Å². The number of hydrogen-bond donors (Lipinski definition) is 0. The van der Waals surface area contributed by atoms with E-state index in [1.165, 1.54) is 0 Å². The number of ketones is 1. The summed E-state index contributed by atoms with van der Waals surface area (Å²) in [5.74, 6) is -1.28. The van der Waals surface area contributed by atoms with E-state index in [9.17, 15) is 9.59 Å². The molecule has 0 amide bonds. The lowest BCUT2D eigenvalue weighted by Crippen LogP contribution is -2.22. The Bertz CT molecular complexity index is 1180. The van der Waals surface area contributed by atoms with Gasteiger partial charge in [0.05, 0.1) is 5.56 Å². The summed E-state index contributed by atoms with van der Waals surface area (Å²) >= 11 is 12.3. The molecule has 0 atom stereocenters. The summed E-state index contributed by atoms with van der Waals surface area (Å²) in [7, 11) is -2.57. The van der Waals surface area contributed by atoms with Gasteiger partial charge >= 0.3 is 11.8 Å². The summed E-state index contributed by atoms with van der Waals surface area (Å²) in [5.41, 5.74) is 0.381. The summed E-state index contributed by atoms with van der Waals surface area (Å²) < 4.78 is 6.26. The minimum absolute atomic E-state index is 0.381. The molecule has 3 nitrogen and oxygen atoms in total. The molecule has 0 aromatic heterocycles. The van der Waals surface area contributed by atoms with Crippen molar-refractivity contribution in [3.8, 4) is 0 Å². The molecular formula is C26H19Cl2O3S+. The Labute approximate surface area is 198 Å². The number of benzene rings is 4. The van der Waals surface area contributed by atoms with E-state index in [1.54, 1.807) is 48.5 Å². The zero-order valence-electron chi connectivity index (χ0n) is 16.8. The second-order valence-corrected chi connectivity index (χ2v) is 10.4. The molecular weight excluding hydrogens is 463 g/mol. The van der Waals surface area contributed by atoms with Gasteiger partial charge < -0.3 is 4.18 Å². The molecule has 1 N–H and O–H groups in total. The zero-order valence-corrected chi connectivity index (χ0v) is 19.1. The second kappa shape index (κ2) is 9.61. The van der Waals surface area contributed by atoms with Gasteiger partial charge in [0.1, 0.15) is 0 Å². The van der Waals surface area contributed by atoms with Gasteiger partial charge in [-0.05, 0) is 83.1 Å². The molecule has 0 aliphatic carbocycles. The highest BCUT2D eigenvalue weighted by Gasteiger charge is 2.39. The third-order valence-electron chi connectivity index (χ3n) is 4.81. The van der Waals surface area contributed by atoms with Gasteiger partial charge in [0.2, 0.25) is 0 Å². The van der Waals surface area contributed by atoms with Crippen molar-refractivity contribution in [2.24, 2.45) is 0 Å². The summed E-state index contributed by atoms with van der Waals surface area (Å²) in [5, 5.41) is 1.13. The standard InChI is InChI=1S/C26H18Cl2O3S/c27-20-11-15-23(16-12-20)32(22-9-5-2-6-10-22,24-17-13-21(28)14-18-24)31-26(30)25(29)19-7-3-1-4-8-19/h1-18H/p+1. The van der Waals surface area contributed by atoms with Crippen LogP contribution in [0.4, 0.5) is 0 Å². The first-order valence-corrected chi connectivity index (χ1v) is 12.1. The topological polar surface area (TPSA) is 47.7 Å². The number of hydrogen-bond acceptors (Lipinski definition) is 2. The Morgan fingerprint density at radius 1 is 0.625 bits per heavy atom. The van der Waals surface area contributed by atoms with E-state index in [-0.39, 0.29) is 0 Å². The molecule has 160 valence electrons. The molecule has 0 unspecified atom stereocenters. The minimum Gasteiger partial charge on any atom is -0.392 e. The van der Waals surface area contributed by atoms with Crippen LogP contribution in [0.15, 0.2) is 124 Å². The smallest absolute Gasteiger partial charge is 0.392 e. The van der Waals surface area contributed by atoms with Crippen molar-refractivity contribution in [3.05, 3.63) is 125 Å². The molecule has 4 rings (SSSR count). The largest absolute Gasteiger partial charge is 0.448 e. The van der Waals surface area contributed by atoms with E-state index in [4.69, 9.17) is 27.4 Å². The lowest BCUT2D eigenvalue weighted by molar-refractivity contribution is -0.126. The summed E-state index contributed by atoms with van der Waals surface area (Å²) in [6, 6.07) is 32.5. The Kier molecular flexibility index (Phi) is 6.66. The van der Waals surface area contributed by atoms with Crippen molar-refractivity contribution in [1.82, 2.24) is 0 Å². The summed E-state index contributed by atoms with van der Waals surface area (Å²) in [6.45, 7) is 0. The lowest BCUT2D eigenvalue weighted by Gasteiger charge is -2.39. The normalized spacial score (nSPS) is 11.6.